The van der Waals surface area contributed by atoms with Crippen LogP contribution in [0.5, 0.6) is 0 Å². The molecule has 0 aliphatic carbocycles. The number of rotatable bonds is 6. The van der Waals surface area contributed by atoms with E-state index in [9.17, 15) is 13.6 Å². The Kier molecular flexibility index (Phi) is 6.17. The fraction of sp³-hybridized carbons (Fsp3) is 0.364. The van der Waals surface area contributed by atoms with Gasteiger partial charge in [-0.05, 0) is 12.1 Å². The predicted molar refractivity (Wildman–Crippen MR) is 64.3 cm³/mol. The van der Waals surface area contributed by atoms with Crippen molar-refractivity contribution in [2.45, 2.75) is 0 Å². The van der Waals surface area contributed by atoms with Gasteiger partial charge in [0, 0.05) is 11.0 Å². The van der Waals surface area contributed by atoms with Gasteiger partial charge in [-0.2, -0.15) is 0 Å². The summed E-state index contributed by atoms with van der Waals surface area (Å²) >= 11 is 2.92. The summed E-state index contributed by atoms with van der Waals surface area (Å²) in [5.74, 6) is -2.71. The molecule has 0 atom stereocenters. The molecule has 0 bridgehead atoms. The molecule has 0 aliphatic rings. The average Bonchev–Trinajstić information content (AvgIpc) is 2.27. The molecule has 7 heteroatoms. The maximum absolute atomic E-state index is 13.4. The third-order valence-electron chi connectivity index (χ3n) is 2.00. The molecule has 18 heavy (non-hydrogen) atoms. The molecule has 0 saturated heterocycles. The molecule has 0 radical (unpaired) electrons. The highest BCUT2D eigenvalue weighted by Crippen LogP contribution is 2.19. The topological polar surface area (TPSA) is 58.6 Å². The molecule has 1 amide bonds. The summed E-state index contributed by atoms with van der Waals surface area (Å²) in [6.45, 7) is 0.292. The number of carbonyl (C=O) groups excluding carboxylic acids is 1. The van der Waals surface area contributed by atoms with Crippen molar-refractivity contribution in [2.24, 2.45) is 0 Å². The molecule has 0 aromatic heterocycles. The number of aliphatic hydroxyl groups excluding tert-OH is 1. The van der Waals surface area contributed by atoms with Crippen LogP contribution >= 0.6 is 15.9 Å². The summed E-state index contributed by atoms with van der Waals surface area (Å²) < 4.78 is 31.9. The predicted octanol–water partition coefficient (Wildman–Crippen LogP) is 1.47. The van der Waals surface area contributed by atoms with Crippen molar-refractivity contribution in [3.63, 3.8) is 0 Å². The first-order chi connectivity index (χ1) is 8.56. The molecule has 2 N–H and O–H groups in total. The van der Waals surface area contributed by atoms with Crippen LogP contribution < -0.4 is 5.32 Å². The molecule has 0 heterocycles. The van der Waals surface area contributed by atoms with Crippen molar-refractivity contribution in [1.82, 2.24) is 5.32 Å². The number of aliphatic hydroxyl groups is 1. The van der Waals surface area contributed by atoms with E-state index < -0.39 is 23.1 Å². The van der Waals surface area contributed by atoms with Gasteiger partial charge in [0.1, 0.15) is 17.2 Å². The van der Waals surface area contributed by atoms with Crippen molar-refractivity contribution in [2.75, 3.05) is 26.4 Å². The third kappa shape index (κ3) is 4.32. The van der Waals surface area contributed by atoms with E-state index in [1.54, 1.807) is 0 Å². The molecular formula is C11H12BrF2NO3. The Hall–Kier alpha value is -1.05. The van der Waals surface area contributed by atoms with Gasteiger partial charge in [0.05, 0.1) is 19.8 Å². The van der Waals surface area contributed by atoms with Crippen LogP contribution in [-0.2, 0) is 4.74 Å². The van der Waals surface area contributed by atoms with Gasteiger partial charge in [0.2, 0.25) is 0 Å². The number of carbonyl (C=O) groups is 1. The standard InChI is InChI=1S/C11H12BrF2NO3/c12-7-5-8(13)10(9(14)6-7)11(17)15-1-3-18-4-2-16/h5-6,16H,1-4H2,(H,15,17). The lowest BCUT2D eigenvalue weighted by molar-refractivity contribution is 0.0833. The highest BCUT2D eigenvalue weighted by atomic mass is 79.9. The van der Waals surface area contributed by atoms with Crippen molar-refractivity contribution in [3.05, 3.63) is 33.8 Å². The Morgan fingerprint density at radius 1 is 1.33 bits per heavy atom. The zero-order valence-corrected chi connectivity index (χ0v) is 11.0. The Labute approximate surface area is 111 Å². The second-order valence-electron chi connectivity index (χ2n) is 3.34. The summed E-state index contributed by atoms with van der Waals surface area (Å²) in [7, 11) is 0. The Morgan fingerprint density at radius 3 is 2.50 bits per heavy atom. The SMILES string of the molecule is O=C(NCCOCCO)c1c(F)cc(Br)cc1F. The van der Waals surface area contributed by atoms with Gasteiger partial charge in [0.15, 0.2) is 0 Å². The van der Waals surface area contributed by atoms with Crippen LogP contribution in [-0.4, -0.2) is 37.4 Å². The Bertz CT molecular complexity index is 406. The maximum Gasteiger partial charge on any atom is 0.257 e. The van der Waals surface area contributed by atoms with Crippen LogP contribution in [0.1, 0.15) is 10.4 Å². The number of amides is 1. The van der Waals surface area contributed by atoms with Crippen LogP contribution in [0.15, 0.2) is 16.6 Å². The fourth-order valence-corrected chi connectivity index (χ4v) is 1.65. The van der Waals surface area contributed by atoms with Gasteiger partial charge in [-0.25, -0.2) is 8.78 Å². The zero-order valence-electron chi connectivity index (χ0n) is 9.38. The summed E-state index contributed by atoms with van der Waals surface area (Å²) in [5, 5.41) is 10.8. The molecule has 0 spiro atoms. The minimum absolute atomic E-state index is 0.105. The quantitative estimate of drug-likeness (QED) is 0.779. The lowest BCUT2D eigenvalue weighted by atomic mass is 10.2. The first-order valence-electron chi connectivity index (χ1n) is 5.17. The van der Waals surface area contributed by atoms with Crippen LogP contribution in [0.3, 0.4) is 0 Å². The van der Waals surface area contributed by atoms with E-state index in [1.807, 2.05) is 0 Å². The van der Waals surface area contributed by atoms with E-state index >= 15 is 0 Å². The molecule has 0 aliphatic heterocycles. The number of ether oxygens (including phenoxy) is 1. The van der Waals surface area contributed by atoms with Gasteiger partial charge >= 0.3 is 0 Å². The first kappa shape index (κ1) is 15.0. The first-order valence-corrected chi connectivity index (χ1v) is 5.97. The number of hydrogen-bond acceptors (Lipinski definition) is 3. The highest BCUT2D eigenvalue weighted by molar-refractivity contribution is 9.10. The second kappa shape index (κ2) is 7.40. The van der Waals surface area contributed by atoms with E-state index in [0.717, 1.165) is 12.1 Å². The van der Waals surface area contributed by atoms with Crippen LogP contribution in [0, 0.1) is 11.6 Å². The van der Waals surface area contributed by atoms with Gasteiger partial charge in [-0.1, -0.05) is 15.9 Å². The van der Waals surface area contributed by atoms with Crippen molar-refractivity contribution in [3.8, 4) is 0 Å². The smallest absolute Gasteiger partial charge is 0.257 e. The van der Waals surface area contributed by atoms with Crippen molar-refractivity contribution in [1.29, 1.82) is 0 Å². The summed E-state index contributed by atoms with van der Waals surface area (Å²) in [5.41, 5.74) is -0.625. The Morgan fingerprint density at radius 2 is 1.94 bits per heavy atom. The molecule has 4 nitrogen and oxygen atoms in total. The van der Waals surface area contributed by atoms with E-state index in [1.165, 1.54) is 0 Å². The summed E-state index contributed by atoms with van der Waals surface area (Å²) in [6, 6.07) is 2.03. The van der Waals surface area contributed by atoms with Crippen LogP contribution in [0.2, 0.25) is 0 Å². The second-order valence-corrected chi connectivity index (χ2v) is 4.25. The van der Waals surface area contributed by atoms with Crippen LogP contribution in [0.4, 0.5) is 8.78 Å². The molecule has 1 aromatic rings. The highest BCUT2D eigenvalue weighted by Gasteiger charge is 2.17. The van der Waals surface area contributed by atoms with Gasteiger partial charge < -0.3 is 15.2 Å². The zero-order chi connectivity index (χ0) is 13.5. The lowest BCUT2D eigenvalue weighted by Gasteiger charge is -2.07. The van der Waals surface area contributed by atoms with E-state index in [4.69, 9.17) is 9.84 Å². The number of nitrogens with one attached hydrogen (secondary N) is 1. The number of hydrogen-bond donors (Lipinski definition) is 2. The monoisotopic (exact) mass is 323 g/mol. The summed E-state index contributed by atoms with van der Waals surface area (Å²) in [6.07, 6.45) is 0. The average molecular weight is 324 g/mol. The van der Waals surface area contributed by atoms with E-state index in [-0.39, 0.29) is 30.8 Å². The van der Waals surface area contributed by atoms with Crippen LogP contribution in [0.25, 0.3) is 0 Å². The third-order valence-corrected chi connectivity index (χ3v) is 2.46. The Balaban J connectivity index is 2.57. The van der Waals surface area contributed by atoms with E-state index in [2.05, 4.69) is 21.2 Å². The molecular weight excluding hydrogens is 312 g/mol. The maximum atomic E-state index is 13.4. The summed E-state index contributed by atoms with van der Waals surface area (Å²) in [4.78, 5) is 11.5. The van der Waals surface area contributed by atoms with Gasteiger partial charge in [-0.15, -0.1) is 0 Å². The largest absolute Gasteiger partial charge is 0.394 e. The van der Waals surface area contributed by atoms with Gasteiger partial charge in [-0.3, -0.25) is 4.79 Å². The fourth-order valence-electron chi connectivity index (χ4n) is 1.25. The van der Waals surface area contributed by atoms with Crippen molar-refractivity contribution >= 4 is 21.8 Å². The molecule has 0 unspecified atom stereocenters. The number of benzene rings is 1. The molecule has 1 aromatic carbocycles. The molecule has 0 fully saturated rings. The lowest BCUT2D eigenvalue weighted by Crippen LogP contribution is -2.29. The van der Waals surface area contributed by atoms with E-state index in [0.29, 0.717) is 0 Å². The minimum atomic E-state index is -0.935. The minimum Gasteiger partial charge on any atom is -0.394 e. The van der Waals surface area contributed by atoms with Gasteiger partial charge in [0.25, 0.3) is 5.91 Å². The molecule has 100 valence electrons. The van der Waals surface area contributed by atoms with Crippen molar-refractivity contribution < 1.29 is 23.4 Å². The molecule has 1 rings (SSSR count). The normalized spacial score (nSPS) is 10.4. The molecule has 0 saturated carbocycles. The number of halogens is 3.